The third-order valence-corrected chi connectivity index (χ3v) is 2.70. The molecule has 0 aliphatic rings. The van der Waals surface area contributed by atoms with Crippen LogP contribution in [0.5, 0.6) is 0 Å². The molecule has 0 aliphatic carbocycles. The van der Waals surface area contributed by atoms with Gasteiger partial charge in [-0.05, 0) is 17.7 Å². The fourth-order valence-electron chi connectivity index (χ4n) is 1.90. The predicted molar refractivity (Wildman–Crippen MR) is 68.4 cm³/mol. The summed E-state index contributed by atoms with van der Waals surface area (Å²) in [4.78, 5) is 0. The van der Waals surface area contributed by atoms with E-state index >= 15 is 0 Å². The van der Waals surface area contributed by atoms with Crippen molar-refractivity contribution in [3.05, 3.63) is 73.0 Å². The quantitative estimate of drug-likeness (QED) is 0.622. The molecule has 1 heteroatoms. The van der Waals surface area contributed by atoms with Crippen LogP contribution in [-0.2, 0) is 0 Å². The molecule has 17 heavy (non-hydrogen) atoms. The zero-order valence-electron chi connectivity index (χ0n) is 9.26. The highest BCUT2D eigenvalue weighted by molar-refractivity contribution is 5.79. The second kappa shape index (κ2) is 4.30. The summed E-state index contributed by atoms with van der Waals surface area (Å²) in [5.74, 6) is 0.896. The zero-order valence-corrected chi connectivity index (χ0v) is 9.26. The Labute approximate surface area is 100 Å². The Bertz CT molecular complexity index is 540. The first kappa shape index (κ1) is 9.91. The third-order valence-electron chi connectivity index (χ3n) is 2.70. The van der Waals surface area contributed by atoms with E-state index in [-0.39, 0.29) is 0 Å². The van der Waals surface area contributed by atoms with Gasteiger partial charge in [-0.15, -0.1) is 0 Å². The molecular formula is C16H11O. The largest absolute Gasteiger partial charge is 0.464 e. The number of benzene rings is 2. The van der Waals surface area contributed by atoms with E-state index in [0.29, 0.717) is 0 Å². The van der Waals surface area contributed by atoms with Crippen molar-refractivity contribution < 1.29 is 4.42 Å². The van der Waals surface area contributed by atoms with Gasteiger partial charge in [0.25, 0.3) is 0 Å². The minimum Gasteiger partial charge on any atom is -0.464 e. The molecule has 0 N–H and O–H groups in total. The Morgan fingerprint density at radius 3 is 2.41 bits per heavy atom. The molecule has 0 amide bonds. The predicted octanol–water partition coefficient (Wildman–Crippen LogP) is 4.41. The average molecular weight is 219 g/mol. The molecule has 3 rings (SSSR count). The lowest BCUT2D eigenvalue weighted by Gasteiger charge is -2.02. The van der Waals surface area contributed by atoms with Crippen LogP contribution < -0.4 is 0 Å². The molecule has 1 radical (unpaired) electrons. The molecule has 2 aromatic carbocycles. The van der Waals surface area contributed by atoms with Crippen LogP contribution in [0.2, 0.25) is 0 Å². The highest BCUT2D eigenvalue weighted by atomic mass is 16.3. The van der Waals surface area contributed by atoms with Crippen molar-refractivity contribution in [1.29, 1.82) is 0 Å². The van der Waals surface area contributed by atoms with Crippen molar-refractivity contribution in [3.63, 3.8) is 0 Å². The highest BCUT2D eigenvalue weighted by Gasteiger charge is 2.09. The Morgan fingerprint density at radius 1 is 0.824 bits per heavy atom. The molecule has 0 atom stereocenters. The van der Waals surface area contributed by atoms with Crippen LogP contribution in [0, 0.1) is 6.07 Å². The number of rotatable bonds is 2. The maximum atomic E-state index is 5.59. The molecule has 0 saturated heterocycles. The standard InChI is InChI=1S/C16H11O/c1-3-7-13(8-4-1)15-11-12-17-16(15)14-9-5-2-6-10-14/h1-7,9-12H. The van der Waals surface area contributed by atoms with E-state index in [4.69, 9.17) is 4.42 Å². The molecule has 0 unspecified atom stereocenters. The van der Waals surface area contributed by atoms with E-state index in [9.17, 15) is 0 Å². The molecule has 0 bridgehead atoms. The van der Waals surface area contributed by atoms with Crippen molar-refractivity contribution >= 4 is 0 Å². The molecule has 1 nitrogen and oxygen atoms in total. The maximum absolute atomic E-state index is 5.59. The Hall–Kier alpha value is -2.28. The monoisotopic (exact) mass is 219 g/mol. The molecule has 1 heterocycles. The maximum Gasteiger partial charge on any atom is 0.141 e. The molecule has 0 saturated carbocycles. The first-order valence-electron chi connectivity index (χ1n) is 5.55. The Kier molecular flexibility index (Phi) is 2.51. The van der Waals surface area contributed by atoms with Crippen LogP contribution in [0.1, 0.15) is 0 Å². The lowest BCUT2D eigenvalue weighted by Crippen LogP contribution is -1.79. The minimum absolute atomic E-state index is 0.896. The van der Waals surface area contributed by atoms with Crippen molar-refractivity contribution in [3.8, 4) is 22.5 Å². The average Bonchev–Trinajstić information content (AvgIpc) is 2.90. The van der Waals surface area contributed by atoms with Gasteiger partial charge in [0.05, 0.1) is 6.26 Å². The van der Waals surface area contributed by atoms with Gasteiger partial charge in [-0.1, -0.05) is 54.6 Å². The van der Waals surface area contributed by atoms with Gasteiger partial charge in [-0.2, -0.15) is 0 Å². The van der Waals surface area contributed by atoms with E-state index in [1.54, 1.807) is 6.26 Å². The van der Waals surface area contributed by atoms with Crippen LogP contribution in [0.4, 0.5) is 0 Å². The minimum atomic E-state index is 0.896. The number of hydrogen-bond donors (Lipinski definition) is 0. The van der Waals surface area contributed by atoms with Gasteiger partial charge in [-0.25, -0.2) is 0 Å². The summed E-state index contributed by atoms with van der Waals surface area (Å²) in [5, 5.41) is 0. The fraction of sp³-hybridized carbons (Fsp3) is 0. The van der Waals surface area contributed by atoms with Gasteiger partial charge in [0.2, 0.25) is 0 Å². The summed E-state index contributed by atoms with van der Waals surface area (Å²) in [6, 6.07) is 23.2. The van der Waals surface area contributed by atoms with Crippen LogP contribution in [0.15, 0.2) is 71.3 Å². The topological polar surface area (TPSA) is 13.1 Å². The first-order valence-corrected chi connectivity index (χ1v) is 5.55. The van der Waals surface area contributed by atoms with Gasteiger partial charge < -0.3 is 4.42 Å². The lowest BCUT2D eigenvalue weighted by molar-refractivity contribution is 0.583. The van der Waals surface area contributed by atoms with Crippen LogP contribution in [0.3, 0.4) is 0 Å². The van der Waals surface area contributed by atoms with Crippen molar-refractivity contribution in [2.75, 3.05) is 0 Å². The van der Waals surface area contributed by atoms with Gasteiger partial charge in [0, 0.05) is 11.1 Å². The number of furan rings is 1. The van der Waals surface area contributed by atoms with Gasteiger partial charge >= 0.3 is 0 Å². The SMILES string of the molecule is [c]1ccccc1-c1ccoc1-c1ccccc1. The number of hydrogen-bond acceptors (Lipinski definition) is 1. The summed E-state index contributed by atoms with van der Waals surface area (Å²) >= 11 is 0. The third kappa shape index (κ3) is 1.87. The fourth-order valence-corrected chi connectivity index (χ4v) is 1.90. The van der Waals surface area contributed by atoms with E-state index in [2.05, 4.69) is 6.07 Å². The van der Waals surface area contributed by atoms with Crippen LogP contribution >= 0.6 is 0 Å². The molecule has 0 fully saturated rings. The normalized spacial score (nSPS) is 10.4. The molecular weight excluding hydrogens is 208 g/mol. The summed E-state index contributed by atoms with van der Waals surface area (Å²) in [7, 11) is 0. The Balaban J connectivity index is 2.13. The summed E-state index contributed by atoms with van der Waals surface area (Å²) in [6.45, 7) is 0. The van der Waals surface area contributed by atoms with Gasteiger partial charge in [0.1, 0.15) is 5.76 Å². The first-order chi connectivity index (χ1) is 8.45. The van der Waals surface area contributed by atoms with Crippen molar-refractivity contribution in [2.24, 2.45) is 0 Å². The second-order valence-electron chi connectivity index (χ2n) is 3.81. The smallest absolute Gasteiger partial charge is 0.141 e. The van der Waals surface area contributed by atoms with E-state index < -0.39 is 0 Å². The molecule has 0 aliphatic heterocycles. The molecule has 0 spiro atoms. The highest BCUT2D eigenvalue weighted by Crippen LogP contribution is 2.32. The molecule has 1 aromatic heterocycles. The van der Waals surface area contributed by atoms with Crippen LogP contribution in [0.25, 0.3) is 22.5 Å². The van der Waals surface area contributed by atoms with E-state index in [1.807, 2.05) is 60.7 Å². The van der Waals surface area contributed by atoms with Crippen molar-refractivity contribution in [1.82, 2.24) is 0 Å². The van der Waals surface area contributed by atoms with Crippen LogP contribution in [-0.4, -0.2) is 0 Å². The lowest BCUT2D eigenvalue weighted by atomic mass is 10.0. The Morgan fingerprint density at radius 2 is 1.65 bits per heavy atom. The van der Waals surface area contributed by atoms with Crippen molar-refractivity contribution in [2.45, 2.75) is 0 Å². The summed E-state index contributed by atoms with van der Waals surface area (Å²) in [6.07, 6.45) is 1.72. The van der Waals surface area contributed by atoms with E-state index in [1.165, 1.54) is 0 Å². The van der Waals surface area contributed by atoms with Gasteiger partial charge in [-0.3, -0.25) is 0 Å². The second-order valence-corrected chi connectivity index (χ2v) is 3.81. The molecule has 81 valence electrons. The molecule has 3 aromatic rings. The summed E-state index contributed by atoms with van der Waals surface area (Å²) in [5.41, 5.74) is 3.22. The summed E-state index contributed by atoms with van der Waals surface area (Å²) < 4.78 is 5.59. The van der Waals surface area contributed by atoms with Gasteiger partial charge in [0.15, 0.2) is 0 Å². The van der Waals surface area contributed by atoms with E-state index in [0.717, 1.165) is 22.5 Å². The zero-order chi connectivity index (χ0) is 11.5.